The second-order valence-electron chi connectivity index (χ2n) is 2.50. The van der Waals surface area contributed by atoms with E-state index in [1.807, 2.05) is 0 Å². The van der Waals surface area contributed by atoms with Crippen LogP contribution < -0.4 is 0 Å². The third kappa shape index (κ3) is 3.12. The van der Waals surface area contributed by atoms with E-state index in [9.17, 15) is 9.18 Å². The van der Waals surface area contributed by atoms with Gasteiger partial charge in [-0.25, -0.2) is 9.18 Å². The van der Waals surface area contributed by atoms with Crippen molar-refractivity contribution in [3.63, 3.8) is 0 Å². The molecule has 0 aliphatic carbocycles. The van der Waals surface area contributed by atoms with Crippen molar-refractivity contribution < 1.29 is 13.9 Å². The summed E-state index contributed by atoms with van der Waals surface area (Å²) in [5.41, 5.74) is 0.257. The molecular formula is C10H5Cl2FO2. The van der Waals surface area contributed by atoms with E-state index in [4.69, 9.17) is 23.2 Å². The fourth-order valence-corrected chi connectivity index (χ4v) is 1.12. The zero-order chi connectivity index (χ0) is 11.4. The first-order valence-corrected chi connectivity index (χ1v) is 4.54. The number of ether oxygens (including phenoxy) is 1. The van der Waals surface area contributed by atoms with Gasteiger partial charge in [-0.15, -0.1) is 0 Å². The third-order valence-electron chi connectivity index (χ3n) is 1.48. The minimum absolute atomic E-state index is 0.0471. The molecule has 2 nitrogen and oxygen atoms in total. The van der Waals surface area contributed by atoms with Crippen molar-refractivity contribution in [3.8, 4) is 11.8 Å². The van der Waals surface area contributed by atoms with Crippen LogP contribution in [0.1, 0.15) is 5.56 Å². The molecule has 0 heterocycles. The molecule has 5 heteroatoms. The summed E-state index contributed by atoms with van der Waals surface area (Å²) in [5, 5.41) is -0.119. The summed E-state index contributed by atoms with van der Waals surface area (Å²) < 4.78 is 17.3. The quantitative estimate of drug-likeness (QED) is 0.400. The van der Waals surface area contributed by atoms with Crippen LogP contribution in [0.15, 0.2) is 12.1 Å². The molecule has 0 aliphatic heterocycles. The lowest BCUT2D eigenvalue weighted by Crippen LogP contribution is -1.94. The van der Waals surface area contributed by atoms with Gasteiger partial charge in [0.25, 0.3) is 0 Å². The average molecular weight is 247 g/mol. The summed E-state index contributed by atoms with van der Waals surface area (Å²) in [7, 11) is 1.20. The second kappa shape index (κ2) is 5.01. The van der Waals surface area contributed by atoms with Gasteiger partial charge in [-0.1, -0.05) is 29.1 Å². The minimum Gasteiger partial charge on any atom is -0.459 e. The van der Waals surface area contributed by atoms with Gasteiger partial charge in [0.2, 0.25) is 0 Å². The Kier molecular flexibility index (Phi) is 3.96. The van der Waals surface area contributed by atoms with Crippen LogP contribution >= 0.6 is 23.2 Å². The van der Waals surface area contributed by atoms with Gasteiger partial charge < -0.3 is 4.74 Å². The molecule has 15 heavy (non-hydrogen) atoms. The summed E-state index contributed by atoms with van der Waals surface area (Å²) in [6, 6.07) is 2.45. The third-order valence-corrected chi connectivity index (χ3v) is 2.26. The zero-order valence-corrected chi connectivity index (χ0v) is 9.12. The first-order valence-electron chi connectivity index (χ1n) is 3.79. The monoisotopic (exact) mass is 246 g/mol. The van der Waals surface area contributed by atoms with Crippen molar-refractivity contribution in [1.29, 1.82) is 0 Å². The van der Waals surface area contributed by atoms with Gasteiger partial charge in [-0.3, -0.25) is 0 Å². The Morgan fingerprint density at radius 1 is 1.47 bits per heavy atom. The maximum absolute atomic E-state index is 13.0. The van der Waals surface area contributed by atoms with Gasteiger partial charge >= 0.3 is 5.97 Å². The molecule has 0 saturated heterocycles. The zero-order valence-electron chi connectivity index (χ0n) is 7.61. The fraction of sp³-hybridized carbons (Fsp3) is 0.100. The molecule has 0 amide bonds. The van der Waals surface area contributed by atoms with Crippen LogP contribution in [0.5, 0.6) is 0 Å². The lowest BCUT2D eigenvalue weighted by Gasteiger charge is -1.97. The molecule has 0 saturated carbocycles. The van der Waals surface area contributed by atoms with Gasteiger partial charge in [0, 0.05) is 11.5 Å². The molecular weight excluding hydrogens is 242 g/mol. The van der Waals surface area contributed by atoms with Crippen LogP contribution in [0.2, 0.25) is 10.0 Å². The van der Waals surface area contributed by atoms with E-state index in [2.05, 4.69) is 16.6 Å². The van der Waals surface area contributed by atoms with Crippen LogP contribution in [0.4, 0.5) is 4.39 Å². The van der Waals surface area contributed by atoms with Crippen molar-refractivity contribution >= 4 is 29.2 Å². The molecule has 1 aromatic carbocycles. The lowest BCUT2D eigenvalue weighted by atomic mass is 10.2. The predicted octanol–water partition coefficient (Wildman–Crippen LogP) is 2.66. The summed E-state index contributed by atoms with van der Waals surface area (Å²) in [6.45, 7) is 0. The standard InChI is InChI=1S/C10H5Cl2FO2/c1-15-9(14)3-2-6-4-7(11)10(12)8(13)5-6/h4-5H,1H3. The van der Waals surface area contributed by atoms with E-state index < -0.39 is 11.8 Å². The Balaban J connectivity index is 3.06. The number of hydrogen-bond acceptors (Lipinski definition) is 2. The van der Waals surface area contributed by atoms with Crippen LogP contribution in [0.3, 0.4) is 0 Å². The molecule has 0 bridgehead atoms. The Bertz CT molecular complexity index is 437. The number of halogens is 3. The normalized spacial score (nSPS) is 9.07. The molecule has 0 radical (unpaired) electrons. The second-order valence-corrected chi connectivity index (χ2v) is 3.28. The molecule has 0 aromatic heterocycles. The van der Waals surface area contributed by atoms with Crippen molar-refractivity contribution in [2.75, 3.05) is 7.11 Å². The largest absolute Gasteiger partial charge is 0.459 e. The Hall–Kier alpha value is -1.24. The first-order chi connectivity index (χ1) is 7.04. The molecule has 1 aromatic rings. The summed E-state index contributed by atoms with van der Waals surface area (Å²) in [6.07, 6.45) is 0. The number of methoxy groups -OCH3 is 1. The number of benzene rings is 1. The van der Waals surface area contributed by atoms with Crippen LogP contribution in [-0.4, -0.2) is 13.1 Å². The molecule has 0 fully saturated rings. The maximum Gasteiger partial charge on any atom is 0.384 e. The Labute approximate surface area is 95.9 Å². The summed E-state index contributed by atoms with van der Waals surface area (Å²) >= 11 is 11.1. The van der Waals surface area contributed by atoms with Crippen molar-refractivity contribution in [1.82, 2.24) is 0 Å². The number of carbonyl (C=O) groups excluding carboxylic acids is 1. The molecule has 0 atom stereocenters. The van der Waals surface area contributed by atoms with E-state index in [1.165, 1.54) is 13.2 Å². The van der Waals surface area contributed by atoms with Gasteiger partial charge in [-0.2, -0.15) is 0 Å². The number of hydrogen-bond donors (Lipinski definition) is 0. The van der Waals surface area contributed by atoms with Gasteiger partial charge in [0.1, 0.15) is 5.82 Å². The maximum atomic E-state index is 13.0. The fourth-order valence-electron chi connectivity index (χ4n) is 0.802. The van der Waals surface area contributed by atoms with Gasteiger partial charge in [-0.05, 0) is 12.1 Å². The first kappa shape index (κ1) is 11.8. The summed E-state index contributed by atoms with van der Waals surface area (Å²) in [5.74, 6) is 3.15. The molecule has 78 valence electrons. The lowest BCUT2D eigenvalue weighted by molar-refractivity contribution is -0.133. The van der Waals surface area contributed by atoms with E-state index >= 15 is 0 Å². The topological polar surface area (TPSA) is 26.3 Å². The van der Waals surface area contributed by atoms with Crippen molar-refractivity contribution in [2.45, 2.75) is 0 Å². The van der Waals surface area contributed by atoms with Crippen molar-refractivity contribution in [3.05, 3.63) is 33.6 Å². The highest BCUT2D eigenvalue weighted by Gasteiger charge is 2.05. The number of esters is 1. The van der Waals surface area contributed by atoms with Crippen molar-refractivity contribution in [2.24, 2.45) is 0 Å². The minimum atomic E-state index is -0.707. The van der Waals surface area contributed by atoms with Gasteiger partial charge in [0.05, 0.1) is 17.2 Å². The molecule has 0 unspecified atom stereocenters. The highest BCUT2D eigenvalue weighted by molar-refractivity contribution is 6.42. The highest BCUT2D eigenvalue weighted by Crippen LogP contribution is 2.25. The molecule has 1 rings (SSSR count). The smallest absolute Gasteiger partial charge is 0.384 e. The highest BCUT2D eigenvalue weighted by atomic mass is 35.5. The molecule has 0 spiro atoms. The van der Waals surface area contributed by atoms with E-state index in [1.54, 1.807) is 0 Å². The Morgan fingerprint density at radius 2 is 2.13 bits per heavy atom. The molecule has 0 aliphatic rings. The Morgan fingerprint density at radius 3 is 2.67 bits per heavy atom. The van der Waals surface area contributed by atoms with Crippen LogP contribution in [-0.2, 0) is 9.53 Å². The number of carbonyl (C=O) groups is 1. The van der Waals surface area contributed by atoms with E-state index in [0.717, 1.165) is 6.07 Å². The van der Waals surface area contributed by atoms with Crippen LogP contribution in [0, 0.1) is 17.7 Å². The van der Waals surface area contributed by atoms with E-state index in [-0.39, 0.29) is 15.6 Å². The summed E-state index contributed by atoms with van der Waals surface area (Å²) in [4.78, 5) is 10.7. The average Bonchev–Trinajstić information content (AvgIpc) is 2.22. The number of rotatable bonds is 0. The SMILES string of the molecule is COC(=O)C#Cc1cc(F)c(Cl)c(Cl)c1. The molecule has 0 N–H and O–H groups in total. The predicted molar refractivity (Wildman–Crippen MR) is 55.3 cm³/mol. The van der Waals surface area contributed by atoms with Gasteiger partial charge in [0.15, 0.2) is 0 Å². The van der Waals surface area contributed by atoms with Crippen LogP contribution in [0.25, 0.3) is 0 Å². The van der Waals surface area contributed by atoms with E-state index in [0.29, 0.717) is 0 Å².